The second-order valence-electron chi connectivity index (χ2n) is 4.04. The van der Waals surface area contributed by atoms with Gasteiger partial charge in [-0.2, -0.15) is 5.10 Å². The number of rotatable bonds is 5. The van der Waals surface area contributed by atoms with E-state index in [0.717, 1.165) is 12.8 Å². The molecule has 1 aromatic heterocycles. The Morgan fingerprint density at radius 2 is 2.44 bits per heavy atom. The average Bonchev–Trinajstić information content (AvgIpc) is 3.02. The lowest BCUT2D eigenvalue weighted by Gasteiger charge is -2.15. The fraction of sp³-hybridized carbons (Fsp3) is 0.636. The van der Waals surface area contributed by atoms with Crippen LogP contribution in [0.2, 0.25) is 5.02 Å². The van der Waals surface area contributed by atoms with Gasteiger partial charge in [0, 0.05) is 13.7 Å². The zero-order valence-electron chi connectivity index (χ0n) is 9.44. The highest BCUT2D eigenvalue weighted by Crippen LogP contribution is 2.36. The van der Waals surface area contributed by atoms with Crippen LogP contribution < -0.4 is 0 Å². The third-order valence-corrected chi connectivity index (χ3v) is 3.06. The average molecular weight is 243 g/mol. The number of hydrogen-bond acceptors (Lipinski definition) is 3. The molecule has 0 saturated heterocycles. The molecule has 5 heteroatoms. The second kappa shape index (κ2) is 4.55. The van der Waals surface area contributed by atoms with Crippen LogP contribution in [0.1, 0.15) is 30.3 Å². The van der Waals surface area contributed by atoms with Gasteiger partial charge in [0.15, 0.2) is 0 Å². The van der Waals surface area contributed by atoms with Crippen LogP contribution in [0.25, 0.3) is 0 Å². The number of Topliss-reactive ketones (excluding diaryl/α,β-unsaturated/α-hetero) is 1. The monoisotopic (exact) mass is 242 g/mol. The molecule has 0 aromatic carbocycles. The summed E-state index contributed by atoms with van der Waals surface area (Å²) < 4.78 is 7.03. The number of ether oxygens (including phenoxy) is 1. The molecule has 1 atom stereocenters. The van der Waals surface area contributed by atoms with Crippen LogP contribution in [-0.2, 0) is 11.8 Å². The highest BCUT2D eigenvalue weighted by molar-refractivity contribution is 6.33. The summed E-state index contributed by atoms with van der Waals surface area (Å²) in [6.07, 6.45) is 3.26. The lowest BCUT2D eigenvalue weighted by molar-refractivity contribution is 0.0366. The highest BCUT2D eigenvalue weighted by atomic mass is 35.5. The van der Waals surface area contributed by atoms with Crippen LogP contribution in [0.15, 0.2) is 6.20 Å². The first-order chi connectivity index (χ1) is 7.65. The first-order valence-electron chi connectivity index (χ1n) is 5.48. The van der Waals surface area contributed by atoms with Crippen molar-refractivity contribution in [2.45, 2.75) is 25.9 Å². The van der Waals surface area contributed by atoms with Crippen LogP contribution in [0.5, 0.6) is 0 Å². The second-order valence-corrected chi connectivity index (χ2v) is 4.45. The predicted molar refractivity (Wildman–Crippen MR) is 60.7 cm³/mol. The molecular weight excluding hydrogens is 228 g/mol. The van der Waals surface area contributed by atoms with Crippen molar-refractivity contribution in [2.24, 2.45) is 13.0 Å². The molecule has 1 fully saturated rings. The molecule has 0 aliphatic heterocycles. The van der Waals surface area contributed by atoms with Gasteiger partial charge in [0.25, 0.3) is 0 Å². The van der Waals surface area contributed by atoms with Crippen molar-refractivity contribution in [3.8, 4) is 0 Å². The summed E-state index contributed by atoms with van der Waals surface area (Å²) >= 11 is 5.95. The van der Waals surface area contributed by atoms with Crippen LogP contribution in [-0.4, -0.2) is 28.3 Å². The molecule has 1 saturated carbocycles. The Morgan fingerprint density at radius 3 is 2.88 bits per heavy atom. The molecule has 4 nitrogen and oxygen atoms in total. The number of nitrogens with zero attached hydrogens (tertiary/aromatic N) is 2. The molecule has 0 amide bonds. The van der Waals surface area contributed by atoms with Crippen molar-refractivity contribution >= 4 is 17.4 Å². The van der Waals surface area contributed by atoms with Gasteiger partial charge in [0.05, 0.1) is 11.2 Å². The maximum Gasteiger partial charge on any atom is 0.211 e. The number of aryl methyl sites for hydroxylation is 1. The summed E-state index contributed by atoms with van der Waals surface area (Å²) in [5, 5.41) is 4.37. The van der Waals surface area contributed by atoms with Gasteiger partial charge in [-0.15, -0.1) is 0 Å². The molecule has 0 N–H and O–H groups in total. The minimum Gasteiger partial charge on any atom is -0.370 e. The van der Waals surface area contributed by atoms with Crippen molar-refractivity contribution in [2.75, 3.05) is 6.61 Å². The van der Waals surface area contributed by atoms with Gasteiger partial charge in [-0.3, -0.25) is 9.48 Å². The molecule has 2 rings (SSSR count). The minimum absolute atomic E-state index is 0.0469. The van der Waals surface area contributed by atoms with E-state index in [2.05, 4.69) is 5.10 Å². The third kappa shape index (κ3) is 2.13. The standard InChI is InChI=1S/C11H15ClN2O2/c1-3-16-11(7-4-5-7)10(15)9-8(12)6-13-14(9)2/h6-7,11H,3-5H2,1-2H3. The van der Waals surface area contributed by atoms with Gasteiger partial charge < -0.3 is 4.74 Å². The number of carbonyl (C=O) groups excluding carboxylic acids is 1. The minimum atomic E-state index is -0.349. The molecular formula is C11H15ClN2O2. The summed E-state index contributed by atoms with van der Waals surface area (Å²) in [6.45, 7) is 2.44. The van der Waals surface area contributed by atoms with E-state index in [0.29, 0.717) is 23.2 Å². The van der Waals surface area contributed by atoms with Crippen LogP contribution in [0.3, 0.4) is 0 Å². The molecule has 1 aromatic rings. The van der Waals surface area contributed by atoms with Crippen molar-refractivity contribution in [3.05, 3.63) is 16.9 Å². The zero-order valence-corrected chi connectivity index (χ0v) is 10.2. The number of halogens is 1. The summed E-state index contributed by atoms with van der Waals surface area (Å²) in [5.74, 6) is 0.313. The van der Waals surface area contributed by atoms with Crippen molar-refractivity contribution < 1.29 is 9.53 Å². The molecule has 1 aliphatic carbocycles. The van der Waals surface area contributed by atoms with Gasteiger partial charge >= 0.3 is 0 Å². The van der Waals surface area contributed by atoms with Gasteiger partial charge in [0.1, 0.15) is 11.8 Å². The van der Waals surface area contributed by atoms with E-state index >= 15 is 0 Å². The van der Waals surface area contributed by atoms with Gasteiger partial charge in [-0.1, -0.05) is 11.6 Å². The van der Waals surface area contributed by atoms with Crippen molar-refractivity contribution in [3.63, 3.8) is 0 Å². The Labute approximate surface area is 99.5 Å². The van der Waals surface area contributed by atoms with E-state index in [1.165, 1.54) is 10.9 Å². The van der Waals surface area contributed by atoms with Gasteiger partial charge in [-0.25, -0.2) is 0 Å². The van der Waals surface area contributed by atoms with E-state index in [1.54, 1.807) is 7.05 Å². The Balaban J connectivity index is 2.22. The smallest absolute Gasteiger partial charge is 0.211 e. The molecule has 1 aliphatic rings. The van der Waals surface area contributed by atoms with E-state index in [-0.39, 0.29) is 11.9 Å². The van der Waals surface area contributed by atoms with E-state index < -0.39 is 0 Å². The molecule has 0 bridgehead atoms. The fourth-order valence-electron chi connectivity index (χ4n) is 1.83. The normalized spacial score (nSPS) is 17.4. The van der Waals surface area contributed by atoms with E-state index in [9.17, 15) is 4.79 Å². The molecule has 1 unspecified atom stereocenters. The Kier molecular flexibility index (Phi) is 3.30. The third-order valence-electron chi connectivity index (χ3n) is 2.78. The summed E-state index contributed by atoms with van der Waals surface area (Å²) in [5.41, 5.74) is 0.451. The summed E-state index contributed by atoms with van der Waals surface area (Å²) in [7, 11) is 1.72. The Hall–Kier alpha value is -0.870. The lowest BCUT2D eigenvalue weighted by atomic mass is 10.1. The molecule has 16 heavy (non-hydrogen) atoms. The van der Waals surface area contributed by atoms with Gasteiger partial charge in [-0.05, 0) is 25.7 Å². The fourth-order valence-corrected chi connectivity index (χ4v) is 2.09. The first-order valence-corrected chi connectivity index (χ1v) is 5.86. The predicted octanol–water partition coefficient (Wildman–Crippen LogP) is 2.07. The largest absolute Gasteiger partial charge is 0.370 e. The maximum atomic E-state index is 12.2. The lowest BCUT2D eigenvalue weighted by Crippen LogP contribution is -2.28. The van der Waals surface area contributed by atoms with Crippen LogP contribution in [0, 0.1) is 5.92 Å². The number of carbonyl (C=O) groups is 1. The highest BCUT2D eigenvalue weighted by Gasteiger charge is 2.38. The van der Waals surface area contributed by atoms with Crippen molar-refractivity contribution in [1.29, 1.82) is 0 Å². The van der Waals surface area contributed by atoms with Gasteiger partial charge in [0.2, 0.25) is 5.78 Å². The molecule has 1 heterocycles. The number of ketones is 1. The Morgan fingerprint density at radius 1 is 1.75 bits per heavy atom. The Bertz CT molecular complexity index is 379. The zero-order chi connectivity index (χ0) is 11.7. The molecule has 0 radical (unpaired) electrons. The molecule has 88 valence electrons. The maximum absolute atomic E-state index is 12.2. The number of aromatic nitrogens is 2. The van der Waals surface area contributed by atoms with E-state index in [1.807, 2.05) is 6.92 Å². The van der Waals surface area contributed by atoms with E-state index in [4.69, 9.17) is 16.3 Å². The summed E-state index contributed by atoms with van der Waals surface area (Å²) in [6, 6.07) is 0. The van der Waals surface area contributed by atoms with Crippen LogP contribution >= 0.6 is 11.6 Å². The van der Waals surface area contributed by atoms with Crippen LogP contribution in [0.4, 0.5) is 0 Å². The first kappa shape index (κ1) is 11.6. The number of hydrogen-bond donors (Lipinski definition) is 0. The SMILES string of the molecule is CCOC(C(=O)c1c(Cl)cnn1C)C1CC1. The quantitative estimate of drug-likeness (QED) is 0.743. The summed E-state index contributed by atoms with van der Waals surface area (Å²) in [4.78, 5) is 12.2. The van der Waals surface area contributed by atoms with Crippen molar-refractivity contribution in [1.82, 2.24) is 9.78 Å². The topological polar surface area (TPSA) is 44.1 Å². The molecule has 0 spiro atoms.